The van der Waals surface area contributed by atoms with Crippen LogP contribution in [-0.2, 0) is 9.59 Å². The summed E-state index contributed by atoms with van der Waals surface area (Å²) in [6.45, 7) is 2.71. The molecular formula is C21H26ClN3O3. The highest BCUT2D eigenvalue weighted by Gasteiger charge is 2.26. The van der Waals surface area contributed by atoms with Crippen molar-refractivity contribution < 1.29 is 14.3 Å². The third-order valence-corrected chi connectivity index (χ3v) is 4.48. The van der Waals surface area contributed by atoms with Gasteiger partial charge >= 0.3 is 0 Å². The van der Waals surface area contributed by atoms with E-state index in [1.54, 1.807) is 30.1 Å². The number of halogens is 1. The molecule has 7 heteroatoms. The van der Waals surface area contributed by atoms with Gasteiger partial charge in [0.05, 0.1) is 18.7 Å². The minimum atomic E-state index is -0.630. The summed E-state index contributed by atoms with van der Waals surface area (Å²) in [6, 6.07) is 13.8. The van der Waals surface area contributed by atoms with Gasteiger partial charge in [0, 0.05) is 12.2 Å². The van der Waals surface area contributed by atoms with Crippen LogP contribution in [0.3, 0.4) is 0 Å². The average Bonchev–Trinajstić information content (AvgIpc) is 2.67. The lowest BCUT2D eigenvalue weighted by atomic mass is 10.0. The van der Waals surface area contributed by atoms with Gasteiger partial charge in [-0.25, -0.2) is 0 Å². The molecule has 6 nitrogen and oxygen atoms in total. The number of benzene rings is 2. The second kappa shape index (κ2) is 10.7. The molecule has 0 bridgehead atoms. The molecule has 0 saturated carbocycles. The standard InChI is InChI=1S/C21H26ClN3O3/c1-4-12-23-19(26)14-25(2)20(15-8-6-5-7-9-15)21(27)24-16-10-11-18(28-3)17(22)13-16/h5-11,13,20H,4,12,14H2,1-3H3,(H,23,26)(H,24,27)/t20-/m0/s1. The molecule has 0 aliphatic rings. The van der Waals surface area contributed by atoms with E-state index in [0.717, 1.165) is 12.0 Å². The van der Waals surface area contributed by atoms with Gasteiger partial charge < -0.3 is 15.4 Å². The molecule has 2 aromatic rings. The summed E-state index contributed by atoms with van der Waals surface area (Å²) < 4.78 is 5.14. The van der Waals surface area contributed by atoms with E-state index in [4.69, 9.17) is 16.3 Å². The molecule has 2 N–H and O–H groups in total. The van der Waals surface area contributed by atoms with E-state index in [-0.39, 0.29) is 18.4 Å². The van der Waals surface area contributed by atoms with Crippen molar-refractivity contribution in [3.63, 3.8) is 0 Å². The minimum Gasteiger partial charge on any atom is -0.495 e. The van der Waals surface area contributed by atoms with E-state index in [9.17, 15) is 9.59 Å². The first-order chi connectivity index (χ1) is 13.5. The summed E-state index contributed by atoms with van der Waals surface area (Å²) in [6.07, 6.45) is 0.857. The molecule has 0 saturated heterocycles. The largest absolute Gasteiger partial charge is 0.495 e. The van der Waals surface area contributed by atoms with Crippen molar-refractivity contribution in [1.82, 2.24) is 10.2 Å². The monoisotopic (exact) mass is 403 g/mol. The number of carbonyl (C=O) groups excluding carboxylic acids is 2. The molecule has 0 aliphatic heterocycles. The molecule has 0 unspecified atom stereocenters. The Balaban J connectivity index is 2.20. The van der Waals surface area contributed by atoms with Crippen molar-refractivity contribution in [2.45, 2.75) is 19.4 Å². The lowest BCUT2D eigenvalue weighted by molar-refractivity contribution is -0.125. The molecule has 0 fully saturated rings. The van der Waals surface area contributed by atoms with Gasteiger partial charge in [0.15, 0.2) is 0 Å². The maximum absolute atomic E-state index is 13.1. The number of amides is 2. The number of likely N-dealkylation sites (N-methyl/N-ethyl adjacent to an activating group) is 1. The number of rotatable bonds is 9. The summed E-state index contributed by atoms with van der Waals surface area (Å²) in [4.78, 5) is 26.9. The predicted octanol–water partition coefficient (Wildman–Crippen LogP) is 3.49. The molecule has 0 spiro atoms. The summed E-state index contributed by atoms with van der Waals surface area (Å²) in [7, 11) is 3.28. The number of nitrogens with one attached hydrogen (secondary N) is 2. The van der Waals surface area contributed by atoms with Crippen LogP contribution in [0.1, 0.15) is 24.9 Å². The van der Waals surface area contributed by atoms with E-state index < -0.39 is 6.04 Å². The van der Waals surface area contributed by atoms with Crippen molar-refractivity contribution in [2.24, 2.45) is 0 Å². The second-order valence-corrected chi connectivity index (χ2v) is 6.82. The van der Waals surface area contributed by atoms with Crippen LogP contribution >= 0.6 is 11.6 Å². The van der Waals surface area contributed by atoms with E-state index >= 15 is 0 Å². The van der Waals surface area contributed by atoms with Crippen LogP contribution in [0.2, 0.25) is 5.02 Å². The van der Waals surface area contributed by atoms with Crippen LogP contribution in [0.4, 0.5) is 5.69 Å². The lowest BCUT2D eigenvalue weighted by Crippen LogP contribution is -2.41. The molecule has 28 heavy (non-hydrogen) atoms. The summed E-state index contributed by atoms with van der Waals surface area (Å²) in [5, 5.41) is 6.12. The van der Waals surface area contributed by atoms with Crippen LogP contribution in [0, 0.1) is 0 Å². The maximum Gasteiger partial charge on any atom is 0.246 e. The topological polar surface area (TPSA) is 70.7 Å². The van der Waals surface area contributed by atoms with E-state index in [1.165, 1.54) is 7.11 Å². The first-order valence-electron chi connectivity index (χ1n) is 9.12. The molecule has 0 heterocycles. The Morgan fingerprint density at radius 1 is 1.18 bits per heavy atom. The highest BCUT2D eigenvalue weighted by molar-refractivity contribution is 6.32. The molecule has 1 atom stereocenters. The summed E-state index contributed by atoms with van der Waals surface area (Å²) in [5.74, 6) is 0.160. The van der Waals surface area contributed by atoms with Crippen LogP contribution in [0.5, 0.6) is 5.75 Å². The van der Waals surface area contributed by atoms with Gasteiger partial charge in [-0.1, -0.05) is 48.9 Å². The van der Waals surface area contributed by atoms with E-state index in [2.05, 4.69) is 10.6 Å². The number of hydrogen-bond donors (Lipinski definition) is 2. The Bertz CT molecular complexity index is 799. The van der Waals surface area contributed by atoms with Gasteiger partial charge in [0.2, 0.25) is 11.8 Å². The van der Waals surface area contributed by atoms with Crippen molar-refractivity contribution in [1.29, 1.82) is 0 Å². The smallest absolute Gasteiger partial charge is 0.246 e. The van der Waals surface area contributed by atoms with Gasteiger partial charge in [-0.05, 0) is 37.2 Å². The third kappa shape index (κ3) is 5.97. The highest BCUT2D eigenvalue weighted by atomic mass is 35.5. The van der Waals surface area contributed by atoms with Gasteiger partial charge in [-0.15, -0.1) is 0 Å². The van der Waals surface area contributed by atoms with Crippen LogP contribution in [0.15, 0.2) is 48.5 Å². The highest BCUT2D eigenvalue weighted by Crippen LogP contribution is 2.28. The van der Waals surface area contributed by atoms with E-state index in [0.29, 0.717) is 23.0 Å². The zero-order valence-electron chi connectivity index (χ0n) is 16.4. The first kappa shape index (κ1) is 21.7. The summed E-state index contributed by atoms with van der Waals surface area (Å²) >= 11 is 6.15. The maximum atomic E-state index is 13.1. The molecule has 0 aliphatic carbocycles. The van der Waals surface area contributed by atoms with Gasteiger partial charge in [0.25, 0.3) is 0 Å². The SMILES string of the molecule is CCCNC(=O)CN(C)[C@H](C(=O)Nc1ccc(OC)c(Cl)c1)c1ccccc1. The Labute approximate surface area is 170 Å². The van der Waals surface area contributed by atoms with Crippen molar-refractivity contribution >= 4 is 29.1 Å². The predicted molar refractivity (Wildman–Crippen MR) is 112 cm³/mol. The number of hydrogen-bond acceptors (Lipinski definition) is 4. The molecule has 2 amide bonds. The molecular weight excluding hydrogens is 378 g/mol. The second-order valence-electron chi connectivity index (χ2n) is 6.42. The van der Waals surface area contributed by atoms with Crippen molar-refractivity contribution in [3.05, 3.63) is 59.1 Å². The molecule has 0 radical (unpaired) electrons. The van der Waals surface area contributed by atoms with Crippen LogP contribution < -0.4 is 15.4 Å². The van der Waals surface area contributed by atoms with Crippen LogP contribution in [-0.4, -0.2) is 44.0 Å². The third-order valence-electron chi connectivity index (χ3n) is 4.19. The normalized spacial score (nSPS) is 11.8. The number of nitrogens with zero attached hydrogens (tertiary/aromatic N) is 1. The lowest BCUT2D eigenvalue weighted by Gasteiger charge is -2.27. The molecule has 150 valence electrons. The fourth-order valence-electron chi connectivity index (χ4n) is 2.83. The van der Waals surface area contributed by atoms with Gasteiger partial charge in [0.1, 0.15) is 11.8 Å². The van der Waals surface area contributed by atoms with Gasteiger partial charge in [-0.2, -0.15) is 0 Å². The quantitative estimate of drug-likeness (QED) is 0.672. The zero-order valence-corrected chi connectivity index (χ0v) is 17.1. The molecule has 0 aromatic heterocycles. The number of anilines is 1. The first-order valence-corrected chi connectivity index (χ1v) is 9.50. The van der Waals surface area contributed by atoms with Gasteiger partial charge in [-0.3, -0.25) is 14.5 Å². The number of carbonyl (C=O) groups is 2. The Kier molecular flexibility index (Phi) is 8.29. The van der Waals surface area contributed by atoms with Crippen molar-refractivity contribution in [2.75, 3.05) is 32.6 Å². The fraction of sp³-hybridized carbons (Fsp3) is 0.333. The zero-order chi connectivity index (χ0) is 20.5. The molecule has 2 aromatic carbocycles. The average molecular weight is 404 g/mol. The Morgan fingerprint density at radius 3 is 2.50 bits per heavy atom. The minimum absolute atomic E-state index is 0.107. The molecule has 2 rings (SSSR count). The Morgan fingerprint density at radius 2 is 1.89 bits per heavy atom. The fourth-order valence-corrected chi connectivity index (χ4v) is 3.09. The van der Waals surface area contributed by atoms with Crippen LogP contribution in [0.25, 0.3) is 0 Å². The van der Waals surface area contributed by atoms with E-state index in [1.807, 2.05) is 37.3 Å². The number of ether oxygens (including phenoxy) is 1. The summed E-state index contributed by atoms with van der Waals surface area (Å²) in [5.41, 5.74) is 1.35. The van der Waals surface area contributed by atoms with Crippen molar-refractivity contribution in [3.8, 4) is 5.75 Å². The number of methoxy groups -OCH3 is 1. The Hall–Kier alpha value is -2.57.